The van der Waals surface area contributed by atoms with E-state index in [0.717, 1.165) is 24.2 Å². The molecule has 0 amide bonds. The van der Waals surface area contributed by atoms with Crippen LogP contribution in [-0.4, -0.2) is 9.55 Å². The number of hydrogen-bond donors (Lipinski definition) is 0. The molecule has 1 aromatic heterocycles. The number of imidazole rings is 1. The Kier molecular flexibility index (Phi) is 3.52. The number of halogens is 2. The van der Waals surface area contributed by atoms with E-state index in [1.54, 1.807) is 6.92 Å². The maximum atomic E-state index is 13.8. The molecule has 0 radical (unpaired) electrons. The van der Waals surface area contributed by atoms with Gasteiger partial charge in [-0.25, -0.2) is 9.37 Å². The Morgan fingerprint density at radius 3 is 2.71 bits per heavy atom. The summed E-state index contributed by atoms with van der Waals surface area (Å²) in [6.07, 6.45) is 3.45. The summed E-state index contributed by atoms with van der Waals surface area (Å²) < 4.78 is 16.1. The van der Waals surface area contributed by atoms with Crippen LogP contribution in [0.25, 0.3) is 11.0 Å². The summed E-state index contributed by atoms with van der Waals surface area (Å²) in [5.41, 5.74) is 2.74. The molecule has 114 valence electrons. The summed E-state index contributed by atoms with van der Waals surface area (Å²) in [6.45, 7) is 8.35. The first-order valence-corrected chi connectivity index (χ1v) is 8.04. The quantitative estimate of drug-likeness (QED) is 0.666. The first-order chi connectivity index (χ1) is 9.78. The molecule has 0 aliphatic heterocycles. The molecule has 1 heterocycles. The van der Waals surface area contributed by atoms with Gasteiger partial charge in [0.05, 0.1) is 16.4 Å². The van der Waals surface area contributed by atoms with Crippen molar-refractivity contribution in [3.63, 3.8) is 0 Å². The minimum atomic E-state index is -0.201. The number of fused-ring (bicyclic) bond motifs is 1. The van der Waals surface area contributed by atoms with Crippen LogP contribution in [0.2, 0.25) is 0 Å². The van der Waals surface area contributed by atoms with Gasteiger partial charge in [0.2, 0.25) is 0 Å². The first-order valence-electron chi connectivity index (χ1n) is 7.60. The van der Waals surface area contributed by atoms with E-state index in [9.17, 15) is 4.39 Å². The molecule has 0 saturated heterocycles. The van der Waals surface area contributed by atoms with Crippen LogP contribution in [0.4, 0.5) is 4.39 Å². The zero-order chi connectivity index (χ0) is 15.4. The van der Waals surface area contributed by atoms with Gasteiger partial charge in [0.25, 0.3) is 0 Å². The molecule has 1 aromatic carbocycles. The zero-order valence-corrected chi connectivity index (χ0v) is 13.8. The molecular formula is C17H22ClFN2. The van der Waals surface area contributed by atoms with E-state index in [0.29, 0.717) is 22.5 Å². The predicted molar refractivity (Wildman–Crippen MR) is 85.4 cm³/mol. The van der Waals surface area contributed by atoms with Crippen LogP contribution in [0, 0.1) is 18.2 Å². The van der Waals surface area contributed by atoms with Crippen molar-refractivity contribution in [1.29, 1.82) is 0 Å². The molecule has 0 spiro atoms. The standard InChI is InChI=1S/C17H22ClFN2/c1-10-7-15-14(8-13(10)19)20-16(11(2)18)21(15)12-5-6-17(3,4)9-12/h7-8,11-12H,5-6,9H2,1-4H3. The third-order valence-electron chi connectivity index (χ3n) is 4.66. The van der Waals surface area contributed by atoms with E-state index in [2.05, 4.69) is 23.4 Å². The molecule has 2 nitrogen and oxygen atoms in total. The highest BCUT2D eigenvalue weighted by molar-refractivity contribution is 6.20. The van der Waals surface area contributed by atoms with Gasteiger partial charge in [-0.3, -0.25) is 0 Å². The Morgan fingerprint density at radius 2 is 2.14 bits per heavy atom. The molecule has 1 fully saturated rings. The second kappa shape index (κ2) is 4.98. The highest BCUT2D eigenvalue weighted by Crippen LogP contribution is 2.45. The largest absolute Gasteiger partial charge is 0.324 e. The van der Waals surface area contributed by atoms with Crippen molar-refractivity contribution < 1.29 is 4.39 Å². The lowest BCUT2D eigenvalue weighted by molar-refractivity contribution is 0.358. The number of aryl methyl sites for hydroxylation is 1. The van der Waals surface area contributed by atoms with Crippen molar-refractivity contribution in [3.8, 4) is 0 Å². The lowest BCUT2D eigenvalue weighted by atomic mass is 9.92. The number of rotatable bonds is 2. The third-order valence-corrected chi connectivity index (χ3v) is 4.86. The third kappa shape index (κ3) is 2.57. The van der Waals surface area contributed by atoms with Crippen LogP contribution in [-0.2, 0) is 0 Å². The van der Waals surface area contributed by atoms with E-state index >= 15 is 0 Å². The van der Waals surface area contributed by atoms with Crippen LogP contribution in [0.3, 0.4) is 0 Å². The van der Waals surface area contributed by atoms with E-state index in [1.165, 1.54) is 12.5 Å². The molecule has 1 aliphatic rings. The maximum absolute atomic E-state index is 13.8. The summed E-state index contributed by atoms with van der Waals surface area (Å²) >= 11 is 6.33. The van der Waals surface area contributed by atoms with Crippen molar-refractivity contribution in [2.75, 3.05) is 0 Å². The van der Waals surface area contributed by atoms with E-state index in [-0.39, 0.29) is 11.2 Å². The average molecular weight is 309 g/mol. The molecule has 0 bridgehead atoms. The molecule has 3 rings (SSSR count). The minimum absolute atomic E-state index is 0.176. The maximum Gasteiger partial charge on any atom is 0.128 e. The number of hydrogen-bond acceptors (Lipinski definition) is 1. The van der Waals surface area contributed by atoms with Gasteiger partial charge in [0.1, 0.15) is 11.6 Å². The molecule has 2 aromatic rings. The Morgan fingerprint density at radius 1 is 1.43 bits per heavy atom. The molecule has 2 atom stereocenters. The number of nitrogens with zero attached hydrogens (tertiary/aromatic N) is 2. The topological polar surface area (TPSA) is 17.8 Å². The highest BCUT2D eigenvalue weighted by atomic mass is 35.5. The van der Waals surface area contributed by atoms with Crippen LogP contribution in [0.5, 0.6) is 0 Å². The van der Waals surface area contributed by atoms with Crippen LogP contribution in [0.15, 0.2) is 12.1 Å². The Bertz CT molecular complexity index is 688. The van der Waals surface area contributed by atoms with Gasteiger partial charge in [-0.1, -0.05) is 13.8 Å². The van der Waals surface area contributed by atoms with Crippen molar-refractivity contribution in [2.45, 2.75) is 58.4 Å². The van der Waals surface area contributed by atoms with E-state index in [1.807, 2.05) is 13.0 Å². The van der Waals surface area contributed by atoms with Gasteiger partial charge in [0.15, 0.2) is 0 Å². The van der Waals surface area contributed by atoms with Gasteiger partial charge in [-0.15, -0.1) is 11.6 Å². The van der Waals surface area contributed by atoms with Crippen molar-refractivity contribution >= 4 is 22.6 Å². The smallest absolute Gasteiger partial charge is 0.128 e. The number of alkyl halides is 1. The monoisotopic (exact) mass is 308 g/mol. The fourth-order valence-corrected chi connectivity index (χ4v) is 3.68. The SMILES string of the molecule is Cc1cc2c(cc1F)nc(C(C)Cl)n2C1CCC(C)(C)C1. The summed E-state index contributed by atoms with van der Waals surface area (Å²) in [5, 5.41) is -0.176. The van der Waals surface area contributed by atoms with Crippen LogP contribution >= 0.6 is 11.6 Å². The Labute approximate surface area is 130 Å². The summed E-state index contributed by atoms with van der Waals surface area (Å²) in [4.78, 5) is 4.60. The normalized spacial score (nSPS) is 22.9. The molecule has 1 saturated carbocycles. The summed E-state index contributed by atoms with van der Waals surface area (Å²) in [6, 6.07) is 3.85. The van der Waals surface area contributed by atoms with E-state index in [4.69, 9.17) is 11.6 Å². The number of aromatic nitrogens is 2. The first kappa shape index (κ1) is 14.8. The van der Waals surface area contributed by atoms with Crippen LogP contribution in [0.1, 0.15) is 62.8 Å². The molecular weight excluding hydrogens is 287 g/mol. The minimum Gasteiger partial charge on any atom is -0.324 e. The lowest BCUT2D eigenvalue weighted by Crippen LogP contribution is -2.12. The second-order valence-corrected chi connectivity index (χ2v) is 7.76. The summed E-state index contributed by atoms with van der Waals surface area (Å²) in [5.74, 6) is 0.659. The van der Waals surface area contributed by atoms with Gasteiger partial charge in [-0.2, -0.15) is 0 Å². The van der Waals surface area contributed by atoms with Gasteiger partial charge in [0, 0.05) is 12.1 Å². The predicted octanol–water partition coefficient (Wildman–Crippen LogP) is 5.53. The van der Waals surface area contributed by atoms with Gasteiger partial charge in [-0.05, 0) is 50.2 Å². The average Bonchev–Trinajstić information content (AvgIpc) is 2.90. The van der Waals surface area contributed by atoms with Crippen molar-refractivity contribution in [3.05, 3.63) is 29.3 Å². The molecule has 2 unspecified atom stereocenters. The zero-order valence-electron chi connectivity index (χ0n) is 13.1. The van der Waals surface area contributed by atoms with Crippen LogP contribution < -0.4 is 0 Å². The Balaban J connectivity index is 2.19. The molecule has 0 N–H and O–H groups in total. The number of benzene rings is 1. The van der Waals surface area contributed by atoms with Gasteiger partial charge < -0.3 is 4.57 Å². The second-order valence-electron chi connectivity index (χ2n) is 7.11. The highest BCUT2D eigenvalue weighted by Gasteiger charge is 2.34. The molecule has 1 aliphatic carbocycles. The van der Waals surface area contributed by atoms with Gasteiger partial charge >= 0.3 is 0 Å². The molecule has 4 heteroatoms. The fourth-order valence-electron chi connectivity index (χ4n) is 3.52. The van der Waals surface area contributed by atoms with Crippen molar-refractivity contribution in [1.82, 2.24) is 9.55 Å². The Hall–Kier alpha value is -1.09. The summed E-state index contributed by atoms with van der Waals surface area (Å²) in [7, 11) is 0. The van der Waals surface area contributed by atoms with Crippen molar-refractivity contribution in [2.24, 2.45) is 5.41 Å². The lowest BCUT2D eigenvalue weighted by Gasteiger charge is -2.21. The fraction of sp³-hybridized carbons (Fsp3) is 0.588. The molecule has 21 heavy (non-hydrogen) atoms. The van der Waals surface area contributed by atoms with E-state index < -0.39 is 0 Å².